The van der Waals surface area contributed by atoms with E-state index in [1.165, 1.54) is 12.1 Å². The third-order valence-electron chi connectivity index (χ3n) is 3.25. The molecule has 0 bridgehead atoms. The van der Waals surface area contributed by atoms with Crippen molar-refractivity contribution in [2.45, 2.75) is 6.54 Å². The number of thiocarbonyl (C=S) groups is 1. The Morgan fingerprint density at radius 3 is 2.42 bits per heavy atom. The molecule has 4 nitrogen and oxygen atoms in total. The van der Waals surface area contributed by atoms with Gasteiger partial charge >= 0.3 is 0 Å². The molecule has 0 unspecified atom stereocenters. The van der Waals surface area contributed by atoms with Crippen molar-refractivity contribution in [1.82, 2.24) is 9.78 Å². The Labute approximate surface area is 152 Å². The molecule has 1 aromatic heterocycles. The Balaban J connectivity index is 1.58. The molecule has 2 aromatic carbocycles. The van der Waals surface area contributed by atoms with E-state index >= 15 is 0 Å². The monoisotopic (exact) mass is 404 g/mol. The van der Waals surface area contributed by atoms with Gasteiger partial charge in [-0.15, -0.1) is 0 Å². The zero-order valence-corrected chi connectivity index (χ0v) is 14.9. The summed E-state index contributed by atoms with van der Waals surface area (Å²) in [6.07, 6.45) is 3.54. The molecule has 0 saturated heterocycles. The van der Waals surface area contributed by atoms with Gasteiger partial charge in [0.25, 0.3) is 0 Å². The van der Waals surface area contributed by atoms with Gasteiger partial charge in [-0.2, -0.15) is 5.10 Å². The molecule has 0 spiro atoms. The van der Waals surface area contributed by atoms with Crippen LogP contribution >= 0.6 is 28.1 Å². The van der Waals surface area contributed by atoms with Crippen LogP contribution in [0.4, 0.5) is 15.8 Å². The summed E-state index contributed by atoms with van der Waals surface area (Å²) in [7, 11) is 0. The van der Waals surface area contributed by atoms with E-state index in [1.54, 1.807) is 23.0 Å². The summed E-state index contributed by atoms with van der Waals surface area (Å²) < 4.78 is 15.7. The minimum absolute atomic E-state index is 0.245. The summed E-state index contributed by atoms with van der Waals surface area (Å²) in [6.45, 7) is 0.564. The van der Waals surface area contributed by atoms with Crippen molar-refractivity contribution in [3.05, 3.63) is 76.8 Å². The molecule has 3 rings (SSSR count). The SMILES string of the molecule is Fc1ccc(Cn2cc(NC(=S)Nc3ccc(Br)cc3)cn2)cc1. The van der Waals surface area contributed by atoms with Crippen LogP contribution in [0.5, 0.6) is 0 Å². The van der Waals surface area contributed by atoms with Crippen molar-refractivity contribution in [3.8, 4) is 0 Å². The Morgan fingerprint density at radius 2 is 1.71 bits per heavy atom. The van der Waals surface area contributed by atoms with Crippen LogP contribution in [0.25, 0.3) is 0 Å². The fourth-order valence-electron chi connectivity index (χ4n) is 2.12. The van der Waals surface area contributed by atoms with E-state index in [2.05, 4.69) is 31.7 Å². The standard InChI is InChI=1S/C17H14BrFN4S/c18-13-3-7-15(8-4-13)21-17(24)22-16-9-20-23(11-16)10-12-1-5-14(19)6-2-12/h1-9,11H,10H2,(H2,21,22,24). The van der Waals surface area contributed by atoms with Crippen LogP contribution in [0.3, 0.4) is 0 Å². The number of nitrogens with one attached hydrogen (secondary N) is 2. The zero-order valence-electron chi connectivity index (χ0n) is 12.5. The Hall–Kier alpha value is -2.25. The smallest absolute Gasteiger partial charge is 0.175 e. The minimum atomic E-state index is -0.245. The van der Waals surface area contributed by atoms with Crippen LogP contribution in [0.2, 0.25) is 0 Å². The molecule has 3 aromatic rings. The summed E-state index contributed by atoms with van der Waals surface area (Å²) in [6, 6.07) is 14.1. The van der Waals surface area contributed by atoms with E-state index in [1.807, 2.05) is 30.5 Å². The fraction of sp³-hybridized carbons (Fsp3) is 0.0588. The molecule has 2 N–H and O–H groups in total. The van der Waals surface area contributed by atoms with Crippen LogP contribution in [0, 0.1) is 5.82 Å². The van der Waals surface area contributed by atoms with Gasteiger partial charge in [-0.1, -0.05) is 28.1 Å². The van der Waals surface area contributed by atoms with Crippen molar-refractivity contribution >= 4 is 44.6 Å². The van der Waals surface area contributed by atoms with Crippen molar-refractivity contribution < 1.29 is 4.39 Å². The lowest BCUT2D eigenvalue weighted by atomic mass is 10.2. The number of rotatable bonds is 4. The zero-order chi connectivity index (χ0) is 16.9. The molecular formula is C17H14BrFN4S. The average Bonchev–Trinajstić information content (AvgIpc) is 2.99. The number of halogens is 2. The van der Waals surface area contributed by atoms with Gasteiger partial charge in [0.2, 0.25) is 0 Å². The van der Waals surface area contributed by atoms with Crippen molar-refractivity contribution in [2.24, 2.45) is 0 Å². The quantitative estimate of drug-likeness (QED) is 0.621. The van der Waals surface area contributed by atoms with Crippen LogP contribution in [-0.4, -0.2) is 14.9 Å². The highest BCUT2D eigenvalue weighted by Gasteiger charge is 2.03. The third kappa shape index (κ3) is 4.62. The van der Waals surface area contributed by atoms with Gasteiger partial charge in [0.1, 0.15) is 5.82 Å². The van der Waals surface area contributed by atoms with E-state index in [0.717, 1.165) is 21.4 Å². The Morgan fingerprint density at radius 1 is 1.04 bits per heavy atom. The molecule has 0 radical (unpaired) electrons. The van der Waals surface area contributed by atoms with E-state index in [-0.39, 0.29) is 5.82 Å². The van der Waals surface area contributed by atoms with Crippen LogP contribution in [0.15, 0.2) is 65.4 Å². The first-order chi connectivity index (χ1) is 11.6. The second kappa shape index (κ2) is 7.55. The number of anilines is 2. The summed E-state index contributed by atoms with van der Waals surface area (Å²) >= 11 is 8.68. The molecule has 0 fully saturated rings. The molecule has 24 heavy (non-hydrogen) atoms. The number of aromatic nitrogens is 2. The molecule has 7 heteroatoms. The third-order valence-corrected chi connectivity index (χ3v) is 3.98. The van der Waals surface area contributed by atoms with E-state index in [9.17, 15) is 4.39 Å². The highest BCUT2D eigenvalue weighted by atomic mass is 79.9. The fourth-order valence-corrected chi connectivity index (χ4v) is 2.62. The van der Waals surface area contributed by atoms with Crippen molar-refractivity contribution in [3.63, 3.8) is 0 Å². The number of nitrogens with zero attached hydrogens (tertiary/aromatic N) is 2. The van der Waals surface area contributed by atoms with Gasteiger partial charge in [-0.3, -0.25) is 4.68 Å². The van der Waals surface area contributed by atoms with Gasteiger partial charge in [0, 0.05) is 16.4 Å². The number of hydrogen-bond acceptors (Lipinski definition) is 2. The summed E-state index contributed by atoms with van der Waals surface area (Å²) in [5, 5.41) is 10.9. The predicted molar refractivity (Wildman–Crippen MR) is 102 cm³/mol. The lowest BCUT2D eigenvalue weighted by Gasteiger charge is -2.08. The van der Waals surface area contributed by atoms with Crippen molar-refractivity contribution in [2.75, 3.05) is 10.6 Å². The molecule has 0 aliphatic carbocycles. The van der Waals surface area contributed by atoms with Gasteiger partial charge in [-0.25, -0.2) is 4.39 Å². The number of hydrogen-bond donors (Lipinski definition) is 2. The Bertz CT molecular complexity index is 831. The molecule has 122 valence electrons. The summed E-state index contributed by atoms with van der Waals surface area (Å²) in [5.41, 5.74) is 2.66. The summed E-state index contributed by atoms with van der Waals surface area (Å²) in [4.78, 5) is 0. The van der Waals surface area contributed by atoms with Crippen LogP contribution < -0.4 is 10.6 Å². The highest BCUT2D eigenvalue weighted by molar-refractivity contribution is 9.10. The minimum Gasteiger partial charge on any atom is -0.332 e. The van der Waals surface area contributed by atoms with E-state index < -0.39 is 0 Å². The molecular weight excluding hydrogens is 391 g/mol. The molecule has 0 aliphatic rings. The predicted octanol–water partition coefficient (Wildman–Crippen LogP) is 4.64. The lowest BCUT2D eigenvalue weighted by Crippen LogP contribution is -2.18. The molecule has 1 heterocycles. The first-order valence-electron chi connectivity index (χ1n) is 7.19. The maximum atomic E-state index is 12.9. The van der Waals surface area contributed by atoms with Crippen LogP contribution in [-0.2, 0) is 6.54 Å². The average molecular weight is 405 g/mol. The summed E-state index contributed by atoms with van der Waals surface area (Å²) in [5.74, 6) is -0.245. The second-order valence-corrected chi connectivity index (χ2v) is 6.46. The highest BCUT2D eigenvalue weighted by Crippen LogP contribution is 2.15. The first kappa shape index (κ1) is 16.6. The van der Waals surface area contributed by atoms with Crippen molar-refractivity contribution in [1.29, 1.82) is 0 Å². The Kier molecular flexibility index (Phi) is 5.22. The van der Waals surface area contributed by atoms with Gasteiger partial charge in [0.05, 0.1) is 18.4 Å². The molecule has 0 aliphatic heterocycles. The maximum Gasteiger partial charge on any atom is 0.175 e. The van der Waals surface area contributed by atoms with Gasteiger partial charge in [0.15, 0.2) is 5.11 Å². The molecule has 0 atom stereocenters. The second-order valence-electron chi connectivity index (χ2n) is 5.14. The maximum absolute atomic E-state index is 12.9. The molecule has 0 saturated carbocycles. The normalized spacial score (nSPS) is 10.4. The van der Waals surface area contributed by atoms with E-state index in [0.29, 0.717) is 11.7 Å². The van der Waals surface area contributed by atoms with Gasteiger partial charge < -0.3 is 10.6 Å². The largest absolute Gasteiger partial charge is 0.332 e. The van der Waals surface area contributed by atoms with E-state index in [4.69, 9.17) is 12.2 Å². The first-order valence-corrected chi connectivity index (χ1v) is 8.39. The number of benzene rings is 2. The lowest BCUT2D eigenvalue weighted by molar-refractivity contribution is 0.624. The molecule has 0 amide bonds. The van der Waals surface area contributed by atoms with Gasteiger partial charge in [-0.05, 0) is 54.2 Å². The topological polar surface area (TPSA) is 41.9 Å². The van der Waals surface area contributed by atoms with Crippen LogP contribution in [0.1, 0.15) is 5.56 Å².